The van der Waals surface area contributed by atoms with Gasteiger partial charge in [0.2, 0.25) is 5.91 Å². The van der Waals surface area contributed by atoms with Gasteiger partial charge in [-0.2, -0.15) is 0 Å². The van der Waals surface area contributed by atoms with Gasteiger partial charge in [-0.15, -0.1) is 11.7 Å². The Morgan fingerprint density at radius 3 is 2.59 bits per heavy atom. The molecule has 0 atom stereocenters. The molecule has 0 bridgehead atoms. The van der Waals surface area contributed by atoms with Gasteiger partial charge in [0.1, 0.15) is 5.82 Å². The summed E-state index contributed by atoms with van der Waals surface area (Å²) in [6.45, 7) is 0.568. The average Bonchev–Trinajstić information content (AvgIpc) is 3.12. The van der Waals surface area contributed by atoms with E-state index >= 15 is 0 Å². The van der Waals surface area contributed by atoms with Crippen molar-refractivity contribution in [2.75, 3.05) is 5.75 Å². The molecule has 92 valence electrons. The molecule has 1 saturated carbocycles. The lowest BCUT2D eigenvalue weighted by molar-refractivity contribution is -0.129. The highest BCUT2D eigenvalue weighted by Crippen LogP contribution is 2.29. The topological polar surface area (TPSA) is 20.3 Å². The zero-order chi connectivity index (χ0) is 12.3. The molecule has 1 aliphatic rings. The van der Waals surface area contributed by atoms with Crippen LogP contribution in [-0.2, 0) is 11.3 Å². The smallest absolute Gasteiger partial charge is 0.233 e. The van der Waals surface area contributed by atoms with Gasteiger partial charge in [0.25, 0.3) is 0 Å². The van der Waals surface area contributed by atoms with Crippen molar-refractivity contribution in [3.8, 4) is 0 Å². The summed E-state index contributed by atoms with van der Waals surface area (Å²) in [5, 5.41) is 0. The highest BCUT2D eigenvalue weighted by Gasteiger charge is 2.32. The van der Waals surface area contributed by atoms with Crippen molar-refractivity contribution in [3.05, 3.63) is 35.6 Å². The molecule has 0 aromatic heterocycles. The minimum atomic E-state index is -0.246. The summed E-state index contributed by atoms with van der Waals surface area (Å²) >= 11 is 4.00. The van der Waals surface area contributed by atoms with Gasteiger partial charge in [-0.25, -0.2) is 4.39 Å². The third kappa shape index (κ3) is 3.64. The van der Waals surface area contributed by atoms with Crippen LogP contribution >= 0.6 is 22.5 Å². The number of hydrogen-bond acceptors (Lipinski definition) is 3. The number of thiol groups is 1. The van der Waals surface area contributed by atoms with E-state index in [1.54, 1.807) is 12.1 Å². The van der Waals surface area contributed by atoms with Crippen LogP contribution in [0.5, 0.6) is 0 Å². The number of carbonyl (C=O) groups excluding carboxylic acids is 1. The van der Waals surface area contributed by atoms with Gasteiger partial charge in [-0.1, -0.05) is 22.9 Å². The van der Waals surface area contributed by atoms with E-state index in [4.69, 9.17) is 0 Å². The van der Waals surface area contributed by atoms with Crippen LogP contribution in [0.1, 0.15) is 18.4 Å². The van der Waals surface area contributed by atoms with Crippen LogP contribution in [-0.4, -0.2) is 22.6 Å². The lowest BCUT2D eigenvalue weighted by Gasteiger charge is -2.22. The van der Waals surface area contributed by atoms with Crippen LogP contribution in [0.4, 0.5) is 4.39 Å². The monoisotopic (exact) mass is 271 g/mol. The summed E-state index contributed by atoms with van der Waals surface area (Å²) in [5.74, 6) is 0.252. The molecule has 17 heavy (non-hydrogen) atoms. The molecule has 0 saturated heterocycles. The SMILES string of the molecule is O=C(CSS)N(Cc1ccc(F)cc1)C1CC1. The largest absolute Gasteiger partial charge is 0.335 e. The Bertz CT molecular complexity index is 392. The molecule has 1 fully saturated rings. The zero-order valence-corrected chi connectivity index (χ0v) is 11.0. The molecule has 0 radical (unpaired) electrons. The van der Waals surface area contributed by atoms with Crippen LogP contribution in [0.15, 0.2) is 24.3 Å². The number of halogens is 1. The maximum absolute atomic E-state index is 12.8. The molecule has 0 unspecified atom stereocenters. The Morgan fingerprint density at radius 2 is 2.06 bits per heavy atom. The molecule has 1 amide bonds. The first-order valence-corrected chi connectivity index (χ1v) is 7.55. The Kier molecular flexibility index (Phi) is 4.34. The first-order chi connectivity index (χ1) is 8.20. The fourth-order valence-electron chi connectivity index (χ4n) is 1.73. The highest BCUT2D eigenvalue weighted by atomic mass is 33.1. The quantitative estimate of drug-likeness (QED) is 0.656. The normalized spacial score (nSPS) is 14.7. The minimum Gasteiger partial charge on any atom is -0.335 e. The van der Waals surface area contributed by atoms with Crippen LogP contribution in [0, 0.1) is 5.82 Å². The van der Waals surface area contributed by atoms with Crippen LogP contribution in [0.2, 0.25) is 0 Å². The molecule has 0 N–H and O–H groups in total. The fourth-order valence-corrected chi connectivity index (χ4v) is 2.34. The number of nitrogens with zero attached hydrogens (tertiary/aromatic N) is 1. The van der Waals surface area contributed by atoms with Gasteiger partial charge < -0.3 is 4.90 Å². The lowest BCUT2D eigenvalue weighted by atomic mass is 10.2. The molecule has 1 aromatic rings. The van der Waals surface area contributed by atoms with Crippen molar-refractivity contribution in [3.63, 3.8) is 0 Å². The summed E-state index contributed by atoms with van der Waals surface area (Å²) in [6.07, 6.45) is 2.15. The van der Waals surface area contributed by atoms with Crippen molar-refractivity contribution >= 4 is 28.4 Å². The van der Waals surface area contributed by atoms with E-state index in [0.717, 1.165) is 18.4 Å². The van der Waals surface area contributed by atoms with Gasteiger partial charge in [-0.3, -0.25) is 4.79 Å². The molecule has 0 aliphatic heterocycles. The predicted octanol–water partition coefficient (Wildman–Crippen LogP) is 2.89. The average molecular weight is 271 g/mol. The van der Waals surface area contributed by atoms with Crippen LogP contribution in [0.3, 0.4) is 0 Å². The Hall–Kier alpha value is -0.680. The Morgan fingerprint density at radius 1 is 1.41 bits per heavy atom. The molecule has 1 aromatic carbocycles. The van der Waals surface area contributed by atoms with Crippen molar-refractivity contribution in [2.45, 2.75) is 25.4 Å². The summed E-state index contributed by atoms with van der Waals surface area (Å²) in [7, 11) is 1.24. The van der Waals surface area contributed by atoms with Gasteiger partial charge >= 0.3 is 0 Å². The Labute approximate surface area is 109 Å². The predicted molar refractivity (Wildman–Crippen MR) is 71.4 cm³/mol. The molecule has 2 nitrogen and oxygen atoms in total. The second-order valence-electron chi connectivity index (χ2n) is 4.15. The maximum atomic E-state index is 12.8. The second kappa shape index (κ2) is 5.78. The summed E-state index contributed by atoms with van der Waals surface area (Å²) in [5.41, 5.74) is 0.968. The first-order valence-electron chi connectivity index (χ1n) is 5.51. The van der Waals surface area contributed by atoms with Crippen molar-refractivity contribution < 1.29 is 9.18 Å². The van der Waals surface area contributed by atoms with E-state index in [9.17, 15) is 9.18 Å². The van der Waals surface area contributed by atoms with E-state index < -0.39 is 0 Å². The molecule has 0 spiro atoms. The van der Waals surface area contributed by atoms with Crippen molar-refractivity contribution in [2.24, 2.45) is 0 Å². The Balaban J connectivity index is 2.02. The summed E-state index contributed by atoms with van der Waals surface area (Å²) in [6, 6.07) is 6.68. The van der Waals surface area contributed by atoms with Crippen molar-refractivity contribution in [1.82, 2.24) is 4.90 Å². The standard InChI is InChI=1S/C12H14FNOS2/c13-10-3-1-9(2-4-10)7-14(11-5-6-11)12(15)8-17-16/h1-4,11,16H,5-8H2. The lowest BCUT2D eigenvalue weighted by Crippen LogP contribution is -2.33. The first kappa shape index (κ1) is 12.8. The molecular weight excluding hydrogens is 257 g/mol. The van der Waals surface area contributed by atoms with Gasteiger partial charge in [-0.05, 0) is 30.5 Å². The third-order valence-corrected chi connectivity index (χ3v) is 3.53. The van der Waals surface area contributed by atoms with Crippen LogP contribution in [0.25, 0.3) is 0 Å². The maximum Gasteiger partial charge on any atom is 0.233 e. The molecule has 1 aliphatic carbocycles. The second-order valence-corrected chi connectivity index (χ2v) is 5.47. The number of rotatable bonds is 5. The minimum absolute atomic E-state index is 0.108. The number of benzene rings is 1. The fraction of sp³-hybridized carbons (Fsp3) is 0.417. The van der Waals surface area contributed by atoms with E-state index in [1.165, 1.54) is 22.9 Å². The number of amides is 1. The molecule has 0 heterocycles. The molecule has 2 rings (SSSR count). The van der Waals surface area contributed by atoms with E-state index in [0.29, 0.717) is 18.3 Å². The number of hydrogen-bond donors (Lipinski definition) is 1. The number of carbonyl (C=O) groups is 1. The molecule has 5 heteroatoms. The van der Waals surface area contributed by atoms with E-state index in [-0.39, 0.29) is 11.7 Å². The van der Waals surface area contributed by atoms with Crippen molar-refractivity contribution in [1.29, 1.82) is 0 Å². The van der Waals surface area contributed by atoms with Gasteiger partial charge in [0.15, 0.2) is 0 Å². The third-order valence-electron chi connectivity index (χ3n) is 2.76. The van der Waals surface area contributed by atoms with E-state index in [1.807, 2.05) is 4.90 Å². The zero-order valence-electron chi connectivity index (χ0n) is 9.30. The molecular formula is C12H14FNOS2. The van der Waals surface area contributed by atoms with Crippen LogP contribution < -0.4 is 0 Å². The summed E-state index contributed by atoms with van der Waals surface area (Å²) in [4.78, 5) is 13.7. The van der Waals surface area contributed by atoms with Gasteiger partial charge in [0.05, 0.1) is 5.75 Å². The van der Waals surface area contributed by atoms with Gasteiger partial charge in [0, 0.05) is 12.6 Å². The summed E-state index contributed by atoms with van der Waals surface area (Å²) < 4.78 is 12.8. The highest BCUT2D eigenvalue weighted by molar-refractivity contribution is 8.68. The van der Waals surface area contributed by atoms with E-state index in [2.05, 4.69) is 11.7 Å².